The largest absolute Gasteiger partial charge is 0.446 e. The Morgan fingerprint density at radius 1 is 0.721 bits per heavy atom. The number of ketones is 1. The van der Waals surface area contributed by atoms with Crippen LogP contribution in [0, 0.1) is 46.3 Å². The smallest absolute Gasteiger partial charge is 0.407 e. The van der Waals surface area contributed by atoms with Crippen LogP contribution in [0.15, 0.2) is 11.6 Å². The second-order valence-corrected chi connectivity index (χ2v) is 22.0. The highest BCUT2D eigenvalue weighted by Gasteiger charge is 2.59. The average molecular weight is 964 g/mol. The Balaban J connectivity index is 0.000000434. The molecule has 68 heavy (non-hydrogen) atoms. The quantitative estimate of drug-likeness (QED) is 0.0458. The molecule has 0 aromatic heterocycles. The van der Waals surface area contributed by atoms with E-state index in [4.69, 9.17) is 38.3 Å². The summed E-state index contributed by atoms with van der Waals surface area (Å²) in [6.45, 7) is 20.8. The van der Waals surface area contributed by atoms with Crippen LogP contribution >= 0.6 is 0 Å². The summed E-state index contributed by atoms with van der Waals surface area (Å²) in [6, 6.07) is 0. The van der Waals surface area contributed by atoms with Crippen LogP contribution < -0.4 is 5.32 Å². The summed E-state index contributed by atoms with van der Waals surface area (Å²) in [7, 11) is 3.31. The summed E-state index contributed by atoms with van der Waals surface area (Å²) in [5.41, 5.74) is 2.39. The zero-order chi connectivity index (χ0) is 49.5. The molecule has 0 saturated heterocycles. The SMILES string of the molecule is CCCOCCOCCOCCCNC(=O)O[C@@H]1CC[C@]2(C)C(=CCC3C4CCC([C@@H](C)CCCC(C)C)[C@]4(C)CCC32)C1.COCCCCCCCCCC(=O)CCCCOCC(CO)OC. The number of allylic oxidation sites excluding steroid dienone is 1. The van der Waals surface area contributed by atoms with Crippen molar-refractivity contribution in [2.24, 2.45) is 46.3 Å². The number of carbonyl (C=O) groups is 2. The molecule has 11 nitrogen and oxygen atoms in total. The maximum absolute atomic E-state index is 12.6. The number of methoxy groups -OCH3 is 2. The number of fused-ring (bicyclic) bond motifs is 5. The van der Waals surface area contributed by atoms with Crippen LogP contribution in [0.3, 0.4) is 0 Å². The molecule has 0 aromatic rings. The number of unbranched alkanes of at least 4 members (excludes halogenated alkanes) is 7. The van der Waals surface area contributed by atoms with Gasteiger partial charge in [-0.05, 0) is 130 Å². The van der Waals surface area contributed by atoms with Gasteiger partial charge in [-0.2, -0.15) is 0 Å². The molecule has 0 aliphatic heterocycles. The van der Waals surface area contributed by atoms with Gasteiger partial charge < -0.3 is 43.6 Å². The fourth-order valence-electron chi connectivity index (χ4n) is 12.5. The minimum Gasteiger partial charge on any atom is -0.446 e. The van der Waals surface area contributed by atoms with Crippen molar-refractivity contribution in [1.29, 1.82) is 0 Å². The Labute approximate surface area is 416 Å². The Hall–Kier alpha value is -1.60. The summed E-state index contributed by atoms with van der Waals surface area (Å²) >= 11 is 0. The lowest BCUT2D eigenvalue weighted by atomic mass is 9.47. The molecule has 398 valence electrons. The van der Waals surface area contributed by atoms with Gasteiger partial charge in [0.05, 0.1) is 39.6 Å². The van der Waals surface area contributed by atoms with Crippen LogP contribution in [0.1, 0.15) is 196 Å². The van der Waals surface area contributed by atoms with Gasteiger partial charge in [-0.25, -0.2) is 4.79 Å². The zero-order valence-electron chi connectivity index (χ0n) is 45.1. The third-order valence-electron chi connectivity index (χ3n) is 16.5. The molecular formula is C57H105NO10. The van der Waals surface area contributed by atoms with E-state index in [0.29, 0.717) is 70.4 Å². The van der Waals surface area contributed by atoms with Crippen LogP contribution in [0.4, 0.5) is 4.79 Å². The predicted molar refractivity (Wildman–Crippen MR) is 275 cm³/mol. The molecule has 3 fully saturated rings. The summed E-state index contributed by atoms with van der Waals surface area (Å²) in [6.07, 6.45) is 29.5. The third-order valence-corrected chi connectivity index (χ3v) is 16.5. The molecule has 4 rings (SSSR count). The number of ether oxygens (including phenoxy) is 7. The van der Waals surface area contributed by atoms with Gasteiger partial charge in [0.1, 0.15) is 18.0 Å². The molecule has 0 radical (unpaired) electrons. The van der Waals surface area contributed by atoms with Crippen molar-refractivity contribution in [3.05, 3.63) is 11.6 Å². The second-order valence-electron chi connectivity index (χ2n) is 22.0. The van der Waals surface area contributed by atoms with Crippen molar-refractivity contribution in [2.45, 2.75) is 208 Å². The van der Waals surface area contributed by atoms with Gasteiger partial charge in [-0.3, -0.25) is 4.79 Å². The molecular weight excluding hydrogens is 859 g/mol. The molecule has 1 amide bonds. The Kier molecular flexibility index (Phi) is 31.7. The number of aliphatic hydroxyl groups excluding tert-OH is 1. The lowest BCUT2D eigenvalue weighted by Gasteiger charge is -2.58. The van der Waals surface area contributed by atoms with Gasteiger partial charge in [0.15, 0.2) is 0 Å². The van der Waals surface area contributed by atoms with E-state index in [1.807, 2.05) is 0 Å². The van der Waals surface area contributed by atoms with Crippen molar-refractivity contribution in [3.63, 3.8) is 0 Å². The van der Waals surface area contributed by atoms with Crippen molar-refractivity contribution in [2.75, 3.05) is 86.8 Å². The average Bonchev–Trinajstić information content (AvgIpc) is 3.68. The molecule has 9 atom stereocenters. The monoisotopic (exact) mass is 964 g/mol. The molecule has 0 spiro atoms. The van der Waals surface area contributed by atoms with E-state index in [1.165, 1.54) is 83.5 Å². The second kappa shape index (κ2) is 35.5. The first-order valence-electron chi connectivity index (χ1n) is 28.0. The summed E-state index contributed by atoms with van der Waals surface area (Å²) < 4.78 is 37.9. The minimum atomic E-state index is -0.281. The van der Waals surface area contributed by atoms with Crippen molar-refractivity contribution in [3.8, 4) is 0 Å². The van der Waals surface area contributed by atoms with E-state index in [0.717, 1.165) is 113 Å². The Bertz CT molecular complexity index is 1340. The van der Waals surface area contributed by atoms with Gasteiger partial charge in [0, 0.05) is 66.5 Å². The highest BCUT2D eigenvalue weighted by atomic mass is 16.6. The van der Waals surface area contributed by atoms with Crippen molar-refractivity contribution >= 4 is 11.9 Å². The number of rotatable bonds is 37. The van der Waals surface area contributed by atoms with Crippen molar-refractivity contribution in [1.82, 2.24) is 5.32 Å². The lowest BCUT2D eigenvalue weighted by molar-refractivity contribution is -0.119. The van der Waals surface area contributed by atoms with Crippen LogP contribution in [0.2, 0.25) is 0 Å². The highest BCUT2D eigenvalue weighted by Crippen LogP contribution is 2.67. The van der Waals surface area contributed by atoms with E-state index >= 15 is 0 Å². The standard InChI is InChI=1S/C38H67NO5.C19H38O5/c1-7-21-41-23-25-43-26-24-42-22-9-20-39-36(40)44-31-16-18-37(5)30(27-31)12-13-32-34-15-14-33(29(4)11-8-10-28(2)3)38(34,6)19-17-35(32)37;1-22-14-10-7-5-3-4-6-8-12-18(21)13-9-11-15-24-17-19(16-20)23-2/h12,28-29,31-35H,7-11,13-27H2,1-6H3,(H,39,40);19-20H,3-17H2,1-2H3/t29-,31+,32?,33?,34?,35?,37+,38-;/m0./s1. The topological polar surface area (TPSA) is 131 Å². The number of nitrogens with one attached hydrogen (secondary N) is 1. The van der Waals surface area contributed by atoms with Crippen LogP contribution in [0.5, 0.6) is 0 Å². The van der Waals surface area contributed by atoms with Gasteiger partial charge in [-0.15, -0.1) is 0 Å². The molecule has 4 aliphatic carbocycles. The van der Waals surface area contributed by atoms with Crippen LogP contribution in [0.25, 0.3) is 0 Å². The number of carbonyl (C=O) groups excluding carboxylic acids is 2. The molecule has 4 aliphatic rings. The number of Topliss-reactive ketones (excluding diaryl/α,β-unsaturated/α-hetero) is 1. The molecule has 0 aromatic carbocycles. The van der Waals surface area contributed by atoms with Gasteiger partial charge in [0.25, 0.3) is 0 Å². The molecule has 5 unspecified atom stereocenters. The summed E-state index contributed by atoms with van der Waals surface area (Å²) in [5, 5.41) is 11.9. The Morgan fingerprint density at radius 3 is 2.04 bits per heavy atom. The zero-order valence-corrected chi connectivity index (χ0v) is 45.1. The minimum absolute atomic E-state index is 0.00279. The normalized spacial score (nSPS) is 26.2. The number of aliphatic hydroxyl groups is 1. The molecule has 11 heteroatoms. The molecule has 0 heterocycles. The van der Waals surface area contributed by atoms with Gasteiger partial charge >= 0.3 is 6.09 Å². The predicted octanol–water partition coefficient (Wildman–Crippen LogP) is 12.5. The maximum Gasteiger partial charge on any atom is 0.407 e. The fraction of sp³-hybridized carbons (Fsp3) is 0.930. The number of amides is 1. The van der Waals surface area contributed by atoms with Gasteiger partial charge in [0.2, 0.25) is 0 Å². The first-order valence-corrected chi connectivity index (χ1v) is 28.0. The number of alkyl carbamates (subject to hydrolysis) is 1. The van der Waals surface area contributed by atoms with E-state index in [2.05, 4.69) is 52.9 Å². The van der Waals surface area contributed by atoms with E-state index < -0.39 is 0 Å². The first kappa shape index (κ1) is 60.7. The third kappa shape index (κ3) is 22.0. The van der Waals surface area contributed by atoms with Crippen LogP contribution in [-0.2, 0) is 38.0 Å². The van der Waals surface area contributed by atoms with Crippen LogP contribution in [-0.4, -0.2) is 116 Å². The van der Waals surface area contributed by atoms with Crippen molar-refractivity contribution < 1.29 is 47.9 Å². The fourth-order valence-corrected chi connectivity index (χ4v) is 12.5. The number of hydrogen-bond donors (Lipinski definition) is 2. The highest BCUT2D eigenvalue weighted by molar-refractivity contribution is 5.78. The first-order chi connectivity index (χ1) is 32.9. The van der Waals surface area contributed by atoms with E-state index in [-0.39, 0.29) is 30.3 Å². The summed E-state index contributed by atoms with van der Waals surface area (Å²) in [5.74, 6) is 5.48. The van der Waals surface area contributed by atoms with E-state index in [9.17, 15) is 9.59 Å². The van der Waals surface area contributed by atoms with E-state index in [1.54, 1.807) is 19.8 Å². The maximum atomic E-state index is 12.6. The molecule has 3 saturated carbocycles. The molecule has 2 N–H and O–H groups in total. The van der Waals surface area contributed by atoms with Gasteiger partial charge in [-0.1, -0.05) is 105 Å². The number of hydrogen-bond acceptors (Lipinski definition) is 10. The Morgan fingerprint density at radius 2 is 1.37 bits per heavy atom. The lowest BCUT2D eigenvalue weighted by Crippen LogP contribution is -2.51. The molecule has 0 bridgehead atoms. The summed E-state index contributed by atoms with van der Waals surface area (Å²) in [4.78, 5) is 24.4.